The summed E-state index contributed by atoms with van der Waals surface area (Å²) >= 11 is 0. The highest BCUT2D eigenvalue weighted by atomic mass is 19.1. The minimum Gasteiger partial charge on any atom is -0.491 e. The van der Waals surface area contributed by atoms with E-state index in [0.717, 1.165) is 0 Å². The highest BCUT2D eigenvalue weighted by molar-refractivity contribution is 5.33. The fourth-order valence-corrected chi connectivity index (χ4v) is 1.18. The van der Waals surface area contributed by atoms with E-state index in [9.17, 15) is 4.39 Å². The summed E-state index contributed by atoms with van der Waals surface area (Å²) in [5, 5.41) is 0. The Balaban J connectivity index is 3.03. The molecular formula is C11H14FO. The van der Waals surface area contributed by atoms with Crippen LogP contribution >= 0.6 is 0 Å². The lowest BCUT2D eigenvalue weighted by Crippen LogP contribution is -1.99. The van der Waals surface area contributed by atoms with Crippen LogP contribution in [0, 0.1) is 12.7 Å². The molecule has 1 rings (SSSR count). The molecule has 0 aliphatic heterocycles. The van der Waals surface area contributed by atoms with Crippen LogP contribution in [-0.2, 0) is 0 Å². The molecular weight excluding hydrogens is 167 g/mol. The van der Waals surface area contributed by atoms with Crippen molar-refractivity contribution in [1.82, 2.24) is 0 Å². The molecule has 2 heteroatoms. The van der Waals surface area contributed by atoms with Gasteiger partial charge in [-0.1, -0.05) is 19.1 Å². The maximum atomic E-state index is 13.5. The van der Waals surface area contributed by atoms with Gasteiger partial charge in [0.25, 0.3) is 0 Å². The first-order valence-electron chi connectivity index (χ1n) is 4.41. The van der Waals surface area contributed by atoms with Crippen molar-refractivity contribution in [2.24, 2.45) is 0 Å². The molecule has 0 heterocycles. The first kappa shape index (κ1) is 10.0. The average Bonchev–Trinajstić information content (AvgIpc) is 2.08. The van der Waals surface area contributed by atoms with Crippen molar-refractivity contribution in [3.8, 4) is 5.75 Å². The average molecular weight is 181 g/mol. The van der Waals surface area contributed by atoms with Crippen LogP contribution < -0.4 is 4.74 Å². The van der Waals surface area contributed by atoms with Crippen molar-refractivity contribution in [2.75, 3.05) is 6.61 Å². The zero-order valence-corrected chi connectivity index (χ0v) is 8.01. The summed E-state index contributed by atoms with van der Waals surface area (Å²) in [7, 11) is 0. The van der Waals surface area contributed by atoms with Gasteiger partial charge in [-0.05, 0) is 31.4 Å². The molecule has 1 nitrogen and oxygen atoms in total. The van der Waals surface area contributed by atoms with Crippen LogP contribution in [0.15, 0.2) is 18.2 Å². The Morgan fingerprint density at radius 2 is 2.23 bits per heavy atom. The predicted molar refractivity (Wildman–Crippen MR) is 51.3 cm³/mol. The highest BCUT2D eigenvalue weighted by Gasteiger charge is 2.10. The fraction of sp³-hybridized carbons (Fsp3) is 0.364. The summed E-state index contributed by atoms with van der Waals surface area (Å²) in [5.41, 5.74) is 0.603. The Bertz CT molecular complexity index is 281. The van der Waals surface area contributed by atoms with Gasteiger partial charge in [-0.2, -0.15) is 0 Å². The quantitative estimate of drug-likeness (QED) is 0.696. The largest absolute Gasteiger partial charge is 0.491 e. The number of ether oxygens (including phenoxy) is 1. The molecule has 0 fully saturated rings. The van der Waals surface area contributed by atoms with Crippen molar-refractivity contribution in [1.29, 1.82) is 0 Å². The van der Waals surface area contributed by atoms with Crippen molar-refractivity contribution >= 4 is 0 Å². The Hall–Kier alpha value is -1.05. The predicted octanol–water partition coefficient (Wildman–Crippen LogP) is 3.16. The zero-order valence-electron chi connectivity index (χ0n) is 8.01. The second kappa shape index (κ2) is 4.26. The number of halogens is 1. The monoisotopic (exact) mass is 181 g/mol. The topological polar surface area (TPSA) is 9.23 Å². The summed E-state index contributed by atoms with van der Waals surface area (Å²) < 4.78 is 18.7. The molecule has 71 valence electrons. The number of hydrogen-bond acceptors (Lipinski definition) is 1. The van der Waals surface area contributed by atoms with E-state index in [1.165, 1.54) is 0 Å². The van der Waals surface area contributed by atoms with Gasteiger partial charge >= 0.3 is 0 Å². The van der Waals surface area contributed by atoms with Crippen LogP contribution in [0.5, 0.6) is 5.75 Å². The SMILES string of the molecule is [CH2]C(C)c1cccc(OCC)c1F. The molecule has 0 spiro atoms. The van der Waals surface area contributed by atoms with E-state index in [-0.39, 0.29) is 11.7 Å². The van der Waals surface area contributed by atoms with E-state index in [4.69, 9.17) is 4.74 Å². The molecule has 0 saturated heterocycles. The Kier molecular flexibility index (Phi) is 3.29. The smallest absolute Gasteiger partial charge is 0.168 e. The van der Waals surface area contributed by atoms with E-state index in [1.807, 2.05) is 13.8 Å². The molecule has 0 amide bonds. The molecule has 0 bridgehead atoms. The van der Waals surface area contributed by atoms with Gasteiger partial charge in [0.2, 0.25) is 0 Å². The standard InChI is InChI=1S/C11H14FO/c1-4-13-10-7-5-6-9(8(2)3)11(10)12/h5-8H,2,4H2,1,3H3. The third kappa shape index (κ3) is 2.20. The first-order valence-corrected chi connectivity index (χ1v) is 4.41. The summed E-state index contributed by atoms with van der Waals surface area (Å²) in [5.74, 6) is -0.0252. The second-order valence-electron chi connectivity index (χ2n) is 2.99. The zero-order chi connectivity index (χ0) is 9.84. The van der Waals surface area contributed by atoms with Crippen LogP contribution in [0.1, 0.15) is 25.3 Å². The van der Waals surface area contributed by atoms with E-state index < -0.39 is 0 Å². The molecule has 1 aromatic rings. The summed E-state index contributed by atoms with van der Waals surface area (Å²) in [4.78, 5) is 0. The molecule has 1 atom stereocenters. The van der Waals surface area contributed by atoms with Crippen LogP contribution in [0.2, 0.25) is 0 Å². The Morgan fingerprint density at radius 3 is 2.77 bits per heavy atom. The lowest BCUT2D eigenvalue weighted by atomic mass is 10.0. The number of rotatable bonds is 3. The van der Waals surface area contributed by atoms with E-state index >= 15 is 0 Å². The summed E-state index contributed by atoms with van der Waals surface area (Å²) in [6.45, 7) is 7.94. The van der Waals surface area contributed by atoms with Crippen LogP contribution in [-0.4, -0.2) is 6.61 Å². The summed E-state index contributed by atoms with van der Waals surface area (Å²) in [6.07, 6.45) is 0. The number of hydrogen-bond donors (Lipinski definition) is 0. The summed E-state index contributed by atoms with van der Waals surface area (Å²) in [6, 6.07) is 5.14. The Morgan fingerprint density at radius 1 is 1.54 bits per heavy atom. The van der Waals surface area contributed by atoms with Crippen LogP contribution in [0.3, 0.4) is 0 Å². The first-order chi connectivity index (χ1) is 6.16. The van der Waals surface area contributed by atoms with E-state index in [2.05, 4.69) is 6.92 Å². The highest BCUT2D eigenvalue weighted by Crippen LogP contribution is 2.25. The lowest BCUT2D eigenvalue weighted by Gasteiger charge is -2.10. The van der Waals surface area contributed by atoms with Gasteiger partial charge in [0.1, 0.15) is 0 Å². The molecule has 13 heavy (non-hydrogen) atoms. The van der Waals surface area contributed by atoms with E-state index in [0.29, 0.717) is 17.9 Å². The third-order valence-electron chi connectivity index (χ3n) is 1.82. The van der Waals surface area contributed by atoms with Crippen molar-refractivity contribution < 1.29 is 9.13 Å². The van der Waals surface area contributed by atoms with E-state index in [1.54, 1.807) is 18.2 Å². The Labute approximate surface area is 78.5 Å². The van der Waals surface area contributed by atoms with Crippen molar-refractivity contribution in [3.63, 3.8) is 0 Å². The van der Waals surface area contributed by atoms with Gasteiger partial charge in [0.15, 0.2) is 11.6 Å². The minimum absolute atomic E-state index is 0.0552. The van der Waals surface area contributed by atoms with Gasteiger partial charge in [-0.25, -0.2) is 4.39 Å². The molecule has 0 N–H and O–H groups in total. The maximum absolute atomic E-state index is 13.5. The van der Waals surface area contributed by atoms with Gasteiger partial charge in [-0.15, -0.1) is 0 Å². The van der Waals surface area contributed by atoms with Crippen LogP contribution in [0.25, 0.3) is 0 Å². The van der Waals surface area contributed by atoms with Gasteiger partial charge in [0, 0.05) is 0 Å². The fourth-order valence-electron chi connectivity index (χ4n) is 1.18. The molecule has 1 aromatic carbocycles. The molecule has 0 saturated carbocycles. The molecule has 0 aliphatic carbocycles. The lowest BCUT2D eigenvalue weighted by molar-refractivity contribution is 0.320. The minimum atomic E-state index is -0.285. The molecule has 0 aliphatic rings. The van der Waals surface area contributed by atoms with Crippen LogP contribution in [0.4, 0.5) is 4.39 Å². The maximum Gasteiger partial charge on any atom is 0.168 e. The third-order valence-corrected chi connectivity index (χ3v) is 1.82. The molecule has 1 radical (unpaired) electrons. The van der Waals surface area contributed by atoms with Gasteiger partial charge in [0.05, 0.1) is 6.61 Å². The second-order valence-corrected chi connectivity index (χ2v) is 2.99. The van der Waals surface area contributed by atoms with Gasteiger partial charge < -0.3 is 4.74 Å². The van der Waals surface area contributed by atoms with Gasteiger partial charge in [-0.3, -0.25) is 0 Å². The molecule has 1 unspecified atom stereocenters. The number of benzene rings is 1. The van der Waals surface area contributed by atoms with Crippen molar-refractivity contribution in [2.45, 2.75) is 19.8 Å². The van der Waals surface area contributed by atoms with Crippen molar-refractivity contribution in [3.05, 3.63) is 36.5 Å². The molecule has 0 aromatic heterocycles. The normalized spacial score (nSPS) is 10.5.